The van der Waals surface area contributed by atoms with Crippen LogP contribution in [0.4, 0.5) is 4.39 Å². The van der Waals surface area contributed by atoms with Crippen molar-refractivity contribution in [3.05, 3.63) is 70.5 Å². The fourth-order valence-corrected chi connectivity index (χ4v) is 2.85. The number of Topliss-reactive ketones (excluding diaryl/α,β-unsaturated/α-hetero) is 1. The summed E-state index contributed by atoms with van der Waals surface area (Å²) in [5.41, 5.74) is 1.42. The predicted molar refractivity (Wildman–Crippen MR) is 77.5 cm³/mol. The van der Waals surface area contributed by atoms with Crippen molar-refractivity contribution in [1.82, 2.24) is 0 Å². The van der Waals surface area contributed by atoms with Gasteiger partial charge in [0.1, 0.15) is 11.6 Å². The van der Waals surface area contributed by atoms with Crippen LogP contribution in [0.5, 0.6) is 0 Å². The maximum Gasteiger partial charge on any atom is 0.147 e. The lowest BCUT2D eigenvalue weighted by molar-refractivity contribution is -0.120. The topological polar surface area (TPSA) is 17.1 Å². The van der Waals surface area contributed by atoms with E-state index in [0.29, 0.717) is 10.6 Å². The van der Waals surface area contributed by atoms with Crippen molar-refractivity contribution in [3.8, 4) is 0 Å². The van der Waals surface area contributed by atoms with Gasteiger partial charge in [0, 0.05) is 11.4 Å². The number of ketones is 1. The third-order valence-corrected chi connectivity index (χ3v) is 4.33. The first-order valence-corrected chi connectivity index (χ1v) is 7.02. The largest absolute Gasteiger partial charge is 0.298 e. The molecule has 1 nitrogen and oxygen atoms in total. The Morgan fingerprint density at radius 3 is 2.45 bits per heavy atom. The number of rotatable bonds is 4. The van der Waals surface area contributed by atoms with E-state index < -0.39 is 0 Å². The van der Waals surface area contributed by atoms with Gasteiger partial charge in [0.15, 0.2) is 0 Å². The molecule has 0 spiro atoms. The monoisotopic (exact) mass is 288 g/mol. The van der Waals surface area contributed by atoms with E-state index in [-0.39, 0.29) is 23.4 Å². The van der Waals surface area contributed by atoms with Gasteiger partial charge in [0.25, 0.3) is 0 Å². The van der Waals surface area contributed by atoms with E-state index in [4.69, 9.17) is 11.6 Å². The summed E-state index contributed by atoms with van der Waals surface area (Å²) in [7, 11) is 0. The van der Waals surface area contributed by atoms with E-state index in [9.17, 15) is 9.18 Å². The zero-order valence-electron chi connectivity index (χ0n) is 10.9. The minimum Gasteiger partial charge on any atom is -0.298 e. The maximum absolute atomic E-state index is 13.0. The highest BCUT2D eigenvalue weighted by molar-refractivity contribution is 6.31. The van der Waals surface area contributed by atoms with Gasteiger partial charge in [-0.2, -0.15) is 0 Å². The Bertz CT molecular complexity index is 647. The highest BCUT2D eigenvalue weighted by atomic mass is 35.5. The van der Waals surface area contributed by atoms with Gasteiger partial charge >= 0.3 is 0 Å². The van der Waals surface area contributed by atoms with Crippen LogP contribution >= 0.6 is 11.6 Å². The molecule has 0 N–H and O–H groups in total. The lowest BCUT2D eigenvalue weighted by Gasteiger charge is -2.15. The van der Waals surface area contributed by atoms with Crippen molar-refractivity contribution >= 4 is 17.4 Å². The molecule has 0 bridgehead atoms. The second-order valence-corrected chi connectivity index (χ2v) is 5.69. The summed E-state index contributed by atoms with van der Waals surface area (Å²) in [6, 6.07) is 14.0. The van der Waals surface area contributed by atoms with Gasteiger partial charge in [0.2, 0.25) is 0 Å². The molecule has 3 heteroatoms. The van der Waals surface area contributed by atoms with Crippen LogP contribution in [-0.4, -0.2) is 5.78 Å². The molecular weight excluding hydrogens is 275 g/mol. The van der Waals surface area contributed by atoms with Gasteiger partial charge in [-0.15, -0.1) is 0 Å². The van der Waals surface area contributed by atoms with Crippen LogP contribution in [0, 0.1) is 5.82 Å². The van der Waals surface area contributed by atoms with Gasteiger partial charge < -0.3 is 0 Å². The summed E-state index contributed by atoms with van der Waals surface area (Å²) < 4.78 is 13.0. The maximum atomic E-state index is 13.0. The predicted octanol–water partition coefficient (Wildman–Crippen LogP) is 4.32. The highest BCUT2D eigenvalue weighted by Gasteiger charge is 2.50. The third kappa shape index (κ3) is 2.36. The Morgan fingerprint density at radius 1 is 1.15 bits per heavy atom. The minimum atomic E-state index is -0.379. The number of hydrogen-bond donors (Lipinski definition) is 0. The van der Waals surface area contributed by atoms with E-state index >= 15 is 0 Å². The van der Waals surface area contributed by atoms with E-state index in [1.165, 1.54) is 12.1 Å². The molecule has 1 aliphatic rings. The standard InChI is InChI=1S/C17H14ClFO/c18-15-11-14(19)7-6-12(15)10-16(20)17(8-9-17)13-4-2-1-3-5-13/h1-7,11H,8-10H2. The van der Waals surface area contributed by atoms with Gasteiger partial charge in [-0.1, -0.05) is 48.0 Å². The Kier molecular flexibility index (Phi) is 3.35. The molecule has 1 aliphatic carbocycles. The Balaban J connectivity index is 1.83. The zero-order chi connectivity index (χ0) is 14.2. The van der Waals surface area contributed by atoms with Crippen molar-refractivity contribution in [1.29, 1.82) is 0 Å². The molecule has 0 aromatic heterocycles. The molecule has 2 aromatic rings. The van der Waals surface area contributed by atoms with Crippen molar-refractivity contribution < 1.29 is 9.18 Å². The number of carbonyl (C=O) groups excluding carboxylic acids is 1. The molecule has 0 unspecified atom stereocenters. The first-order chi connectivity index (χ1) is 9.62. The summed E-state index contributed by atoms with van der Waals surface area (Å²) in [5.74, 6) is -0.215. The molecule has 3 rings (SSSR count). The second-order valence-electron chi connectivity index (χ2n) is 5.28. The van der Waals surface area contributed by atoms with Crippen LogP contribution in [0.15, 0.2) is 48.5 Å². The van der Waals surface area contributed by atoms with Crippen LogP contribution in [0.3, 0.4) is 0 Å². The third-order valence-electron chi connectivity index (χ3n) is 3.98. The SMILES string of the molecule is O=C(Cc1ccc(F)cc1Cl)C1(c2ccccc2)CC1. The average Bonchev–Trinajstić information content (AvgIpc) is 3.24. The summed E-state index contributed by atoms with van der Waals surface area (Å²) in [6.45, 7) is 0. The molecule has 1 saturated carbocycles. The summed E-state index contributed by atoms with van der Waals surface area (Å²) in [4.78, 5) is 12.6. The number of halogens is 2. The molecule has 0 atom stereocenters. The van der Waals surface area contributed by atoms with Crippen LogP contribution in [0.25, 0.3) is 0 Å². The number of benzene rings is 2. The van der Waals surface area contributed by atoms with Crippen LogP contribution in [0.2, 0.25) is 5.02 Å². The lowest BCUT2D eigenvalue weighted by atomic mass is 9.88. The van der Waals surface area contributed by atoms with E-state index in [1.807, 2.05) is 30.3 Å². The molecule has 2 aromatic carbocycles. The van der Waals surface area contributed by atoms with E-state index in [1.54, 1.807) is 6.07 Å². The van der Waals surface area contributed by atoms with Crippen LogP contribution in [-0.2, 0) is 16.6 Å². The Labute approximate surface area is 122 Å². The zero-order valence-corrected chi connectivity index (χ0v) is 11.7. The van der Waals surface area contributed by atoms with Crippen LogP contribution < -0.4 is 0 Å². The first-order valence-electron chi connectivity index (χ1n) is 6.65. The van der Waals surface area contributed by atoms with Gasteiger partial charge in [0.05, 0.1) is 5.41 Å². The molecule has 1 fully saturated rings. The van der Waals surface area contributed by atoms with Gasteiger partial charge in [-0.25, -0.2) is 4.39 Å². The lowest BCUT2D eigenvalue weighted by Crippen LogP contribution is -2.22. The van der Waals surface area contributed by atoms with Crippen molar-refractivity contribution in [2.75, 3.05) is 0 Å². The molecule has 0 radical (unpaired) electrons. The molecule has 20 heavy (non-hydrogen) atoms. The van der Waals surface area contributed by atoms with Gasteiger partial charge in [-0.05, 0) is 36.1 Å². The number of hydrogen-bond acceptors (Lipinski definition) is 1. The fourth-order valence-electron chi connectivity index (χ4n) is 2.62. The first kappa shape index (κ1) is 13.3. The second kappa shape index (κ2) is 5.02. The molecule has 0 amide bonds. The Hall–Kier alpha value is -1.67. The quantitative estimate of drug-likeness (QED) is 0.819. The minimum absolute atomic E-state index is 0.164. The fraction of sp³-hybridized carbons (Fsp3) is 0.235. The summed E-state index contributed by atoms with van der Waals surface area (Å²) in [6.07, 6.45) is 2.03. The molecule has 0 heterocycles. The summed E-state index contributed by atoms with van der Waals surface area (Å²) in [5, 5.41) is 0.321. The molecule has 0 saturated heterocycles. The summed E-state index contributed by atoms with van der Waals surface area (Å²) >= 11 is 6.00. The average molecular weight is 289 g/mol. The number of carbonyl (C=O) groups is 1. The van der Waals surface area contributed by atoms with Crippen molar-refractivity contribution in [2.45, 2.75) is 24.7 Å². The van der Waals surface area contributed by atoms with Crippen molar-refractivity contribution in [2.24, 2.45) is 0 Å². The van der Waals surface area contributed by atoms with E-state index in [0.717, 1.165) is 18.4 Å². The normalized spacial score (nSPS) is 15.9. The molecule has 102 valence electrons. The van der Waals surface area contributed by atoms with Crippen molar-refractivity contribution in [3.63, 3.8) is 0 Å². The van der Waals surface area contributed by atoms with Crippen LogP contribution in [0.1, 0.15) is 24.0 Å². The van der Waals surface area contributed by atoms with E-state index in [2.05, 4.69) is 0 Å². The Morgan fingerprint density at radius 2 is 1.85 bits per heavy atom. The smallest absolute Gasteiger partial charge is 0.147 e. The van der Waals surface area contributed by atoms with Gasteiger partial charge in [-0.3, -0.25) is 4.79 Å². The molecular formula is C17H14ClFO. The molecule has 0 aliphatic heterocycles. The highest BCUT2D eigenvalue weighted by Crippen LogP contribution is 2.49.